The number of likely N-dealkylation sites (N-methyl/N-ethyl adjacent to an activating group) is 1. The molecule has 2 unspecified atom stereocenters. The van der Waals surface area contributed by atoms with E-state index >= 15 is 0 Å². The third-order valence-electron chi connectivity index (χ3n) is 9.80. The molecular weight excluding hydrogens is 588 g/mol. The molecule has 4 nitrogen and oxygen atoms in total. The van der Waals surface area contributed by atoms with Gasteiger partial charge < -0.3 is 4.74 Å². The number of hydroxylamine groups is 3. The summed E-state index contributed by atoms with van der Waals surface area (Å²) < 4.78 is 7.32. The van der Waals surface area contributed by atoms with Gasteiger partial charge in [0, 0.05) is 0 Å². The fourth-order valence-electron chi connectivity index (χ4n) is 6.67. The van der Waals surface area contributed by atoms with Crippen LogP contribution >= 0.6 is 0 Å². The number of unbranched alkanes of at least 4 members (excludes halogenated alkanes) is 18. The zero-order valence-corrected chi connectivity index (χ0v) is 32.8. The quantitative estimate of drug-likeness (QED) is 0.0386. The Hall–Kier alpha value is -1.20. The van der Waals surface area contributed by atoms with E-state index in [1.54, 1.807) is 0 Å². The van der Waals surface area contributed by atoms with Gasteiger partial charge in [0.15, 0.2) is 0 Å². The topological polar surface area (TPSA) is 21.7 Å². The van der Waals surface area contributed by atoms with Crippen LogP contribution in [0.2, 0.25) is 0 Å². The highest BCUT2D eigenvalue weighted by molar-refractivity contribution is 4.93. The maximum absolute atomic E-state index is 6.74. The lowest BCUT2D eigenvalue weighted by molar-refractivity contribution is -1.14. The Bertz CT molecular complexity index is 791. The molecule has 0 radical (unpaired) electrons. The first-order valence-electron chi connectivity index (χ1n) is 21.1. The first-order chi connectivity index (χ1) is 23.7. The van der Waals surface area contributed by atoms with Crippen LogP contribution < -0.4 is 0 Å². The minimum Gasteiger partial charge on any atom is -0.326 e. The molecule has 0 aromatic heterocycles. The van der Waals surface area contributed by atoms with Crippen LogP contribution in [0.3, 0.4) is 0 Å². The summed E-state index contributed by atoms with van der Waals surface area (Å²) in [5.41, 5.74) is 0. The van der Waals surface area contributed by atoms with Crippen LogP contribution in [-0.2, 0) is 9.57 Å². The van der Waals surface area contributed by atoms with Gasteiger partial charge in [0.05, 0.1) is 19.7 Å². The van der Waals surface area contributed by atoms with Crippen molar-refractivity contribution in [2.24, 2.45) is 0 Å². The van der Waals surface area contributed by atoms with E-state index in [0.717, 1.165) is 58.7 Å². The number of hydrogen-bond donors (Lipinski definition) is 0. The van der Waals surface area contributed by atoms with Crippen molar-refractivity contribution in [3.8, 4) is 0 Å². The van der Waals surface area contributed by atoms with Crippen LogP contribution in [0.4, 0.5) is 0 Å². The molecule has 0 saturated carbocycles. The fourth-order valence-corrected chi connectivity index (χ4v) is 6.67. The minimum atomic E-state index is 0.145. The van der Waals surface area contributed by atoms with E-state index in [1.807, 2.05) is 0 Å². The molecule has 0 aromatic carbocycles. The number of hydrogen-bond acceptors (Lipinski definition) is 3. The molecule has 4 heteroatoms. The first kappa shape index (κ1) is 44.8. The van der Waals surface area contributed by atoms with E-state index in [2.05, 4.69) is 81.3 Å². The van der Waals surface area contributed by atoms with Crippen LogP contribution in [0, 0.1) is 0 Å². The standard InChI is InChI=1S/C44H83N2O2/c1-5-8-10-12-14-16-18-20-22-24-26-28-30-32-34-36-41-47-44-43-45(4)38-40-46(44,39-7-3)48-42-37-35-33-31-29-27-25-23-21-19-17-15-13-11-9-6-2/h14-17,20-23,44H,5-13,18-19,24-43H2,1-4H3/q+1/b16-14-,17-15-,22-20-,23-21-. The Morgan fingerprint density at radius 3 is 1.44 bits per heavy atom. The summed E-state index contributed by atoms with van der Waals surface area (Å²) in [5, 5.41) is 0. The zero-order chi connectivity index (χ0) is 34.6. The second kappa shape index (κ2) is 34.3. The molecule has 1 saturated heterocycles. The zero-order valence-electron chi connectivity index (χ0n) is 32.8. The number of nitrogens with zero attached hydrogens (tertiary/aromatic N) is 2. The predicted molar refractivity (Wildman–Crippen MR) is 212 cm³/mol. The highest BCUT2D eigenvalue weighted by atomic mass is 16.7. The second-order valence-corrected chi connectivity index (χ2v) is 14.5. The number of ether oxygens (including phenoxy) is 1. The van der Waals surface area contributed by atoms with Gasteiger partial charge in [-0.2, -0.15) is 4.65 Å². The van der Waals surface area contributed by atoms with Gasteiger partial charge in [0.25, 0.3) is 0 Å². The maximum Gasteiger partial charge on any atom is 0.236 e. The number of rotatable bonds is 34. The third-order valence-corrected chi connectivity index (χ3v) is 9.80. The van der Waals surface area contributed by atoms with Crippen molar-refractivity contribution in [3.63, 3.8) is 0 Å². The molecule has 0 aliphatic carbocycles. The molecule has 1 rings (SSSR count). The van der Waals surface area contributed by atoms with Gasteiger partial charge >= 0.3 is 0 Å². The largest absolute Gasteiger partial charge is 0.326 e. The fraction of sp³-hybridized carbons (Fsp3) is 0.818. The number of quaternary nitrogens is 1. The Morgan fingerprint density at radius 1 is 0.521 bits per heavy atom. The number of allylic oxidation sites excluding steroid dienone is 8. The molecular formula is C44H83N2O2+. The van der Waals surface area contributed by atoms with Crippen molar-refractivity contribution >= 4 is 0 Å². The van der Waals surface area contributed by atoms with Gasteiger partial charge in [-0.3, -0.25) is 4.90 Å². The Kier molecular flexibility index (Phi) is 32.0. The second-order valence-electron chi connectivity index (χ2n) is 14.5. The molecule has 0 bridgehead atoms. The van der Waals surface area contributed by atoms with Crippen LogP contribution in [0.25, 0.3) is 0 Å². The van der Waals surface area contributed by atoms with Gasteiger partial charge in [0.1, 0.15) is 19.7 Å². The van der Waals surface area contributed by atoms with E-state index in [1.165, 1.54) is 141 Å². The van der Waals surface area contributed by atoms with Crippen LogP contribution in [0.1, 0.15) is 181 Å². The summed E-state index contributed by atoms with van der Waals surface area (Å²) in [4.78, 5) is 9.17. The molecule has 0 amide bonds. The van der Waals surface area contributed by atoms with Crippen molar-refractivity contribution < 1.29 is 14.2 Å². The Morgan fingerprint density at radius 2 is 0.958 bits per heavy atom. The van der Waals surface area contributed by atoms with E-state index in [-0.39, 0.29) is 6.23 Å². The summed E-state index contributed by atoms with van der Waals surface area (Å²) in [6, 6.07) is 0. The smallest absolute Gasteiger partial charge is 0.236 e. The predicted octanol–water partition coefficient (Wildman–Crippen LogP) is 13.1. The highest BCUT2D eigenvalue weighted by Crippen LogP contribution is 2.24. The molecule has 0 aromatic rings. The van der Waals surface area contributed by atoms with Gasteiger partial charge in [-0.25, -0.2) is 4.84 Å². The summed E-state index contributed by atoms with van der Waals surface area (Å²) in [5.74, 6) is 0. The van der Waals surface area contributed by atoms with Gasteiger partial charge in [-0.05, 0) is 90.5 Å². The molecule has 1 heterocycles. The van der Waals surface area contributed by atoms with Crippen molar-refractivity contribution in [3.05, 3.63) is 48.6 Å². The molecule has 48 heavy (non-hydrogen) atoms. The highest BCUT2D eigenvalue weighted by Gasteiger charge is 2.43. The van der Waals surface area contributed by atoms with Gasteiger partial charge in [-0.15, -0.1) is 0 Å². The lowest BCUT2D eigenvalue weighted by atomic mass is 10.1. The molecule has 0 spiro atoms. The molecule has 1 fully saturated rings. The Labute approximate surface area is 301 Å². The van der Waals surface area contributed by atoms with E-state index in [4.69, 9.17) is 9.57 Å². The van der Waals surface area contributed by atoms with Gasteiger partial charge in [0.2, 0.25) is 6.23 Å². The molecule has 1 aliphatic heterocycles. The van der Waals surface area contributed by atoms with Crippen molar-refractivity contribution in [1.29, 1.82) is 0 Å². The molecule has 1 aliphatic rings. The Balaban J connectivity index is 2.14. The average Bonchev–Trinajstić information content (AvgIpc) is 3.09. The third kappa shape index (κ3) is 25.7. The van der Waals surface area contributed by atoms with Crippen LogP contribution in [-0.4, -0.2) is 62.2 Å². The van der Waals surface area contributed by atoms with E-state index in [9.17, 15) is 0 Å². The normalized spacial score (nSPS) is 19.3. The first-order valence-corrected chi connectivity index (χ1v) is 21.1. The molecule has 2 atom stereocenters. The van der Waals surface area contributed by atoms with Crippen LogP contribution in [0.5, 0.6) is 0 Å². The average molecular weight is 672 g/mol. The summed E-state index contributed by atoms with van der Waals surface area (Å²) >= 11 is 0. The lowest BCUT2D eigenvalue weighted by Crippen LogP contribution is -2.66. The lowest BCUT2D eigenvalue weighted by Gasteiger charge is -2.46. The van der Waals surface area contributed by atoms with E-state index in [0.29, 0.717) is 4.65 Å². The monoisotopic (exact) mass is 672 g/mol. The molecule has 0 N–H and O–H groups in total. The SMILES string of the molecule is CCCCC/C=C\C/C=C\CCCCCCCCOC1CN(C)CC[N+]1(CCC)OCCCCCCCC/C=C\C/C=C\CCCCC. The molecule has 280 valence electrons. The van der Waals surface area contributed by atoms with Gasteiger partial charge in [-0.1, -0.05) is 146 Å². The number of piperazine rings is 1. The summed E-state index contributed by atoms with van der Waals surface area (Å²) in [7, 11) is 2.24. The summed E-state index contributed by atoms with van der Waals surface area (Å²) in [6.07, 6.45) is 50.9. The van der Waals surface area contributed by atoms with Crippen LogP contribution in [0.15, 0.2) is 48.6 Å². The van der Waals surface area contributed by atoms with Crippen molar-refractivity contribution in [2.75, 3.05) is 46.4 Å². The maximum atomic E-state index is 6.74. The van der Waals surface area contributed by atoms with Crippen molar-refractivity contribution in [1.82, 2.24) is 4.90 Å². The van der Waals surface area contributed by atoms with Crippen molar-refractivity contribution in [2.45, 2.75) is 188 Å². The summed E-state index contributed by atoms with van der Waals surface area (Å²) in [6.45, 7) is 12.7. The van der Waals surface area contributed by atoms with E-state index < -0.39 is 0 Å². The minimum absolute atomic E-state index is 0.145.